The first-order valence-corrected chi connectivity index (χ1v) is 10.7. The largest absolute Gasteiger partial charge is 0.379 e. The van der Waals surface area contributed by atoms with E-state index in [1.165, 1.54) is 16.4 Å². The van der Waals surface area contributed by atoms with E-state index in [0.717, 1.165) is 11.3 Å². The lowest BCUT2D eigenvalue weighted by atomic mass is 10.2. The number of ether oxygens (including phenoxy) is 1. The van der Waals surface area contributed by atoms with Crippen molar-refractivity contribution in [3.63, 3.8) is 0 Å². The first-order chi connectivity index (χ1) is 13.4. The number of rotatable bonds is 6. The number of morpholine rings is 1. The van der Waals surface area contributed by atoms with Gasteiger partial charge < -0.3 is 15.4 Å². The normalized spacial score (nSPS) is 15.2. The van der Waals surface area contributed by atoms with Gasteiger partial charge in [0.1, 0.15) is 4.90 Å². The van der Waals surface area contributed by atoms with Crippen molar-refractivity contribution in [2.24, 2.45) is 0 Å². The van der Waals surface area contributed by atoms with E-state index in [2.05, 4.69) is 10.6 Å². The lowest BCUT2D eigenvalue weighted by Crippen LogP contribution is -2.40. The molecular formula is C19H22ClN3O4S. The summed E-state index contributed by atoms with van der Waals surface area (Å²) in [5, 5.41) is 5.91. The highest BCUT2D eigenvalue weighted by Gasteiger charge is 2.28. The number of carbonyl (C=O) groups excluding carboxylic acids is 1. The van der Waals surface area contributed by atoms with E-state index < -0.39 is 10.0 Å². The molecule has 9 heteroatoms. The van der Waals surface area contributed by atoms with Crippen LogP contribution in [0.25, 0.3) is 0 Å². The SMILES string of the molecule is Cc1ccccc1NC(=O)CNc1ccc(Cl)c(S(=O)(=O)N2CCOCC2)c1. The molecule has 0 saturated carbocycles. The summed E-state index contributed by atoms with van der Waals surface area (Å²) >= 11 is 6.14. The Labute approximate surface area is 169 Å². The number of carbonyl (C=O) groups is 1. The molecule has 7 nitrogen and oxygen atoms in total. The molecule has 2 aromatic carbocycles. The highest BCUT2D eigenvalue weighted by atomic mass is 35.5. The minimum absolute atomic E-state index is 0.00694. The summed E-state index contributed by atoms with van der Waals surface area (Å²) < 4.78 is 32.3. The predicted molar refractivity (Wildman–Crippen MR) is 109 cm³/mol. The first kappa shape index (κ1) is 20.6. The molecule has 0 unspecified atom stereocenters. The molecule has 0 aliphatic carbocycles. The minimum Gasteiger partial charge on any atom is -0.379 e. The number of halogens is 1. The Morgan fingerprint density at radius 1 is 1.18 bits per heavy atom. The molecule has 0 spiro atoms. The van der Waals surface area contributed by atoms with Gasteiger partial charge in [-0.05, 0) is 36.8 Å². The Morgan fingerprint density at radius 2 is 1.89 bits per heavy atom. The van der Waals surface area contributed by atoms with Crippen LogP contribution in [0.2, 0.25) is 5.02 Å². The second kappa shape index (κ2) is 8.91. The molecule has 1 heterocycles. The molecule has 2 aromatic rings. The van der Waals surface area contributed by atoms with Gasteiger partial charge in [-0.3, -0.25) is 4.79 Å². The van der Waals surface area contributed by atoms with Crippen molar-refractivity contribution < 1.29 is 17.9 Å². The summed E-state index contributed by atoms with van der Waals surface area (Å²) in [4.78, 5) is 12.2. The van der Waals surface area contributed by atoms with Crippen molar-refractivity contribution in [2.75, 3.05) is 43.5 Å². The number of nitrogens with one attached hydrogen (secondary N) is 2. The average Bonchev–Trinajstić information content (AvgIpc) is 2.69. The van der Waals surface area contributed by atoms with Crippen LogP contribution < -0.4 is 10.6 Å². The fourth-order valence-corrected chi connectivity index (χ4v) is 4.74. The summed E-state index contributed by atoms with van der Waals surface area (Å²) in [6.45, 7) is 3.18. The maximum atomic E-state index is 12.9. The van der Waals surface area contributed by atoms with Gasteiger partial charge in [-0.15, -0.1) is 0 Å². The Kier molecular flexibility index (Phi) is 6.56. The van der Waals surface area contributed by atoms with Gasteiger partial charge in [-0.1, -0.05) is 29.8 Å². The zero-order valence-corrected chi connectivity index (χ0v) is 17.0. The van der Waals surface area contributed by atoms with Crippen LogP contribution in [-0.4, -0.2) is 51.5 Å². The van der Waals surface area contributed by atoms with Crippen LogP contribution in [0.1, 0.15) is 5.56 Å². The quantitative estimate of drug-likeness (QED) is 0.745. The van der Waals surface area contributed by atoms with Crippen LogP contribution in [0.5, 0.6) is 0 Å². The van der Waals surface area contributed by atoms with Crippen molar-refractivity contribution in [1.29, 1.82) is 0 Å². The molecule has 150 valence electrons. The molecule has 0 atom stereocenters. The van der Waals surface area contributed by atoms with E-state index in [-0.39, 0.29) is 35.5 Å². The number of sulfonamides is 1. The van der Waals surface area contributed by atoms with Crippen molar-refractivity contribution >= 4 is 38.9 Å². The molecule has 0 bridgehead atoms. The maximum absolute atomic E-state index is 12.9. The number of hydrogen-bond acceptors (Lipinski definition) is 5. The Morgan fingerprint density at radius 3 is 2.61 bits per heavy atom. The molecule has 1 aliphatic rings. The smallest absolute Gasteiger partial charge is 0.244 e. The fraction of sp³-hybridized carbons (Fsp3) is 0.316. The molecule has 0 aromatic heterocycles. The maximum Gasteiger partial charge on any atom is 0.244 e. The van der Waals surface area contributed by atoms with Crippen molar-refractivity contribution in [3.8, 4) is 0 Å². The van der Waals surface area contributed by atoms with E-state index in [4.69, 9.17) is 16.3 Å². The summed E-state index contributed by atoms with van der Waals surface area (Å²) in [5.41, 5.74) is 2.19. The highest BCUT2D eigenvalue weighted by molar-refractivity contribution is 7.89. The van der Waals surface area contributed by atoms with Gasteiger partial charge in [-0.2, -0.15) is 4.31 Å². The first-order valence-electron chi connectivity index (χ1n) is 8.85. The van der Waals surface area contributed by atoms with E-state index in [1.54, 1.807) is 6.07 Å². The lowest BCUT2D eigenvalue weighted by molar-refractivity contribution is -0.114. The van der Waals surface area contributed by atoms with E-state index >= 15 is 0 Å². The standard InChI is InChI=1S/C19H22ClN3O4S/c1-14-4-2-3-5-17(14)22-19(24)13-21-15-6-7-16(20)18(12-15)28(25,26)23-8-10-27-11-9-23/h2-7,12,21H,8-11,13H2,1H3,(H,22,24). The van der Waals surface area contributed by atoms with Crippen LogP contribution in [0.4, 0.5) is 11.4 Å². The van der Waals surface area contributed by atoms with E-state index in [9.17, 15) is 13.2 Å². The zero-order chi connectivity index (χ0) is 20.1. The number of benzene rings is 2. The van der Waals surface area contributed by atoms with Gasteiger partial charge in [0, 0.05) is 24.5 Å². The predicted octanol–water partition coefficient (Wildman–Crippen LogP) is 2.72. The van der Waals surface area contributed by atoms with Gasteiger partial charge in [0.15, 0.2) is 0 Å². The third kappa shape index (κ3) is 4.82. The van der Waals surface area contributed by atoms with Gasteiger partial charge in [0.05, 0.1) is 24.8 Å². The molecule has 1 amide bonds. The van der Waals surface area contributed by atoms with Crippen molar-refractivity contribution in [2.45, 2.75) is 11.8 Å². The van der Waals surface area contributed by atoms with E-state index in [1.807, 2.05) is 31.2 Å². The van der Waals surface area contributed by atoms with Gasteiger partial charge in [0.2, 0.25) is 15.9 Å². The van der Waals surface area contributed by atoms with Crippen LogP contribution in [0.15, 0.2) is 47.4 Å². The van der Waals surface area contributed by atoms with Gasteiger partial charge in [0.25, 0.3) is 0 Å². The molecule has 3 rings (SSSR count). The fourth-order valence-electron chi connectivity index (χ4n) is 2.83. The second-order valence-electron chi connectivity index (χ2n) is 6.38. The number of amides is 1. The van der Waals surface area contributed by atoms with Crippen molar-refractivity contribution in [3.05, 3.63) is 53.1 Å². The Balaban J connectivity index is 1.69. The molecule has 2 N–H and O–H groups in total. The summed E-state index contributed by atoms with van der Waals surface area (Å²) in [5.74, 6) is -0.234. The lowest BCUT2D eigenvalue weighted by Gasteiger charge is -2.26. The molecule has 1 saturated heterocycles. The summed E-state index contributed by atoms with van der Waals surface area (Å²) in [7, 11) is -3.73. The third-order valence-electron chi connectivity index (χ3n) is 4.39. The van der Waals surface area contributed by atoms with Crippen LogP contribution in [-0.2, 0) is 19.6 Å². The average molecular weight is 424 g/mol. The van der Waals surface area contributed by atoms with E-state index in [0.29, 0.717) is 18.9 Å². The third-order valence-corrected chi connectivity index (χ3v) is 6.77. The van der Waals surface area contributed by atoms with Gasteiger partial charge in [-0.25, -0.2) is 8.42 Å². The van der Waals surface area contributed by atoms with Crippen molar-refractivity contribution in [1.82, 2.24) is 4.31 Å². The molecule has 1 fully saturated rings. The minimum atomic E-state index is -3.73. The molecule has 1 aliphatic heterocycles. The summed E-state index contributed by atoms with van der Waals surface area (Å²) in [6, 6.07) is 12.1. The molecule has 28 heavy (non-hydrogen) atoms. The zero-order valence-electron chi connectivity index (χ0n) is 15.4. The molecular weight excluding hydrogens is 402 g/mol. The highest BCUT2D eigenvalue weighted by Crippen LogP contribution is 2.28. The number of para-hydroxylation sites is 1. The van der Waals surface area contributed by atoms with Crippen LogP contribution in [0.3, 0.4) is 0 Å². The summed E-state index contributed by atoms with van der Waals surface area (Å²) in [6.07, 6.45) is 0. The Hall–Kier alpha value is -2.13. The topological polar surface area (TPSA) is 87.7 Å². The van der Waals surface area contributed by atoms with Crippen LogP contribution in [0, 0.1) is 6.92 Å². The second-order valence-corrected chi connectivity index (χ2v) is 8.69. The number of nitrogens with zero attached hydrogens (tertiary/aromatic N) is 1. The number of hydrogen-bond donors (Lipinski definition) is 2. The van der Waals surface area contributed by atoms with Gasteiger partial charge >= 0.3 is 0 Å². The van der Waals surface area contributed by atoms with Crippen LogP contribution >= 0.6 is 11.6 Å². The molecule has 0 radical (unpaired) electrons. The Bertz CT molecular complexity index is 959. The number of aryl methyl sites for hydroxylation is 1. The monoisotopic (exact) mass is 423 g/mol. The number of anilines is 2.